The van der Waals surface area contributed by atoms with Crippen molar-refractivity contribution in [3.05, 3.63) is 47.2 Å². The van der Waals surface area contributed by atoms with Crippen molar-refractivity contribution in [3.63, 3.8) is 0 Å². The number of aromatic nitrogens is 2. The molecule has 1 heterocycles. The molecule has 0 bridgehead atoms. The van der Waals surface area contributed by atoms with E-state index in [0.29, 0.717) is 10.1 Å². The summed E-state index contributed by atoms with van der Waals surface area (Å²) < 4.78 is 1.83. The van der Waals surface area contributed by atoms with Gasteiger partial charge in [0.15, 0.2) is 5.11 Å². The third-order valence-corrected chi connectivity index (χ3v) is 3.54. The molecule has 2 aromatic rings. The first-order chi connectivity index (χ1) is 10.2. The highest BCUT2D eigenvalue weighted by Gasteiger charge is 2.02. The summed E-state index contributed by atoms with van der Waals surface area (Å²) in [6.45, 7) is 3.73. The van der Waals surface area contributed by atoms with E-state index in [4.69, 9.17) is 23.8 Å². The predicted molar refractivity (Wildman–Crippen MR) is 91.9 cm³/mol. The second kappa shape index (κ2) is 8.00. The molecular weight excluding hydrogens is 304 g/mol. The lowest BCUT2D eigenvalue weighted by atomic mass is 10.1. The zero-order chi connectivity index (χ0) is 15.1. The Balaban J connectivity index is 1.72. The van der Waals surface area contributed by atoms with Crippen LogP contribution in [0.25, 0.3) is 0 Å². The summed E-state index contributed by atoms with van der Waals surface area (Å²) in [7, 11) is 0. The Hall–Kier alpha value is -1.59. The van der Waals surface area contributed by atoms with Gasteiger partial charge in [-0.3, -0.25) is 4.68 Å². The smallest absolute Gasteiger partial charge is 0.170 e. The standard InChI is InChI=1S/C15H19ClN4S/c1-2-12-6-3-4-7-14(12)19-15(21)17-8-5-9-20-11-13(16)10-18-20/h3-4,6-7,10-11H,2,5,8-9H2,1H3,(H2,17,19,21). The van der Waals surface area contributed by atoms with E-state index >= 15 is 0 Å². The lowest BCUT2D eigenvalue weighted by Crippen LogP contribution is -2.30. The average Bonchev–Trinajstić information content (AvgIpc) is 2.90. The van der Waals surface area contributed by atoms with Crippen LogP contribution in [0.5, 0.6) is 0 Å². The lowest BCUT2D eigenvalue weighted by Gasteiger charge is -2.13. The van der Waals surface area contributed by atoms with Gasteiger partial charge in [-0.05, 0) is 36.7 Å². The topological polar surface area (TPSA) is 41.9 Å². The minimum atomic E-state index is 0.648. The molecule has 0 fully saturated rings. The van der Waals surface area contributed by atoms with Gasteiger partial charge in [0.1, 0.15) is 0 Å². The Bertz CT molecular complexity index is 597. The fourth-order valence-electron chi connectivity index (χ4n) is 2.02. The van der Waals surface area contributed by atoms with Gasteiger partial charge >= 0.3 is 0 Å². The summed E-state index contributed by atoms with van der Waals surface area (Å²) >= 11 is 11.1. The Kier molecular flexibility index (Phi) is 6.02. The maximum atomic E-state index is 5.81. The SMILES string of the molecule is CCc1ccccc1NC(=S)NCCCn1cc(Cl)cn1. The monoisotopic (exact) mass is 322 g/mol. The van der Waals surface area contributed by atoms with E-state index < -0.39 is 0 Å². The molecule has 0 atom stereocenters. The predicted octanol–water partition coefficient (Wildman–Crippen LogP) is 3.48. The Labute approximate surface area is 135 Å². The molecule has 0 saturated carbocycles. The number of para-hydroxylation sites is 1. The van der Waals surface area contributed by atoms with Gasteiger partial charge in [0, 0.05) is 25.0 Å². The first-order valence-electron chi connectivity index (χ1n) is 6.99. The highest BCUT2D eigenvalue weighted by Crippen LogP contribution is 2.15. The van der Waals surface area contributed by atoms with E-state index in [9.17, 15) is 0 Å². The van der Waals surface area contributed by atoms with Crippen molar-refractivity contribution in [1.82, 2.24) is 15.1 Å². The minimum Gasteiger partial charge on any atom is -0.362 e. The van der Waals surface area contributed by atoms with E-state index in [1.807, 2.05) is 29.1 Å². The molecule has 1 aromatic heterocycles. The largest absolute Gasteiger partial charge is 0.362 e. The fourth-order valence-corrected chi connectivity index (χ4v) is 2.39. The highest BCUT2D eigenvalue weighted by molar-refractivity contribution is 7.80. The van der Waals surface area contributed by atoms with Gasteiger partial charge < -0.3 is 10.6 Å². The second-order valence-electron chi connectivity index (χ2n) is 4.67. The van der Waals surface area contributed by atoms with Crippen LogP contribution in [0.4, 0.5) is 5.69 Å². The molecule has 0 spiro atoms. The third kappa shape index (κ3) is 5.02. The van der Waals surface area contributed by atoms with Crippen LogP contribution >= 0.6 is 23.8 Å². The van der Waals surface area contributed by atoms with Gasteiger partial charge in [-0.25, -0.2) is 0 Å². The highest BCUT2D eigenvalue weighted by atomic mass is 35.5. The minimum absolute atomic E-state index is 0.648. The van der Waals surface area contributed by atoms with Crippen LogP contribution < -0.4 is 10.6 Å². The molecule has 2 rings (SSSR count). The fraction of sp³-hybridized carbons (Fsp3) is 0.333. The molecular formula is C15H19ClN4S. The van der Waals surface area contributed by atoms with Crippen molar-refractivity contribution < 1.29 is 0 Å². The number of anilines is 1. The number of hydrogen-bond acceptors (Lipinski definition) is 2. The van der Waals surface area contributed by atoms with Crippen molar-refractivity contribution in [2.24, 2.45) is 0 Å². The number of aryl methyl sites for hydroxylation is 2. The number of halogens is 1. The van der Waals surface area contributed by atoms with Crippen molar-refractivity contribution in [2.75, 3.05) is 11.9 Å². The molecule has 0 saturated heterocycles. The number of thiocarbonyl (C=S) groups is 1. The maximum absolute atomic E-state index is 5.81. The lowest BCUT2D eigenvalue weighted by molar-refractivity contribution is 0.574. The Morgan fingerprint density at radius 1 is 1.38 bits per heavy atom. The van der Waals surface area contributed by atoms with Crippen molar-refractivity contribution >= 4 is 34.6 Å². The summed E-state index contributed by atoms with van der Waals surface area (Å²) in [5.41, 5.74) is 2.32. The molecule has 6 heteroatoms. The Morgan fingerprint density at radius 2 is 2.19 bits per heavy atom. The normalized spacial score (nSPS) is 10.4. The maximum Gasteiger partial charge on any atom is 0.170 e. The Morgan fingerprint density at radius 3 is 2.90 bits per heavy atom. The van der Waals surface area contributed by atoms with Crippen LogP contribution in [-0.4, -0.2) is 21.4 Å². The number of nitrogens with one attached hydrogen (secondary N) is 2. The quantitative estimate of drug-likeness (QED) is 0.631. The van der Waals surface area contributed by atoms with E-state index in [1.54, 1.807) is 6.20 Å². The van der Waals surface area contributed by atoms with Crippen molar-refractivity contribution in [2.45, 2.75) is 26.3 Å². The number of nitrogens with zero attached hydrogens (tertiary/aromatic N) is 2. The zero-order valence-electron chi connectivity index (χ0n) is 12.0. The molecule has 2 N–H and O–H groups in total. The van der Waals surface area contributed by atoms with Gasteiger partial charge in [-0.15, -0.1) is 0 Å². The second-order valence-corrected chi connectivity index (χ2v) is 5.51. The first kappa shape index (κ1) is 15.8. The molecule has 0 aliphatic heterocycles. The molecule has 1 aromatic carbocycles. The molecule has 21 heavy (non-hydrogen) atoms. The zero-order valence-corrected chi connectivity index (χ0v) is 13.5. The van der Waals surface area contributed by atoms with Crippen LogP contribution in [-0.2, 0) is 13.0 Å². The van der Waals surface area contributed by atoms with Crippen LogP contribution in [0.2, 0.25) is 5.02 Å². The molecule has 0 unspecified atom stereocenters. The number of rotatable bonds is 6. The van der Waals surface area contributed by atoms with E-state index in [0.717, 1.165) is 31.6 Å². The first-order valence-corrected chi connectivity index (χ1v) is 7.78. The molecule has 0 radical (unpaired) electrons. The van der Waals surface area contributed by atoms with Crippen LogP contribution in [0.15, 0.2) is 36.7 Å². The van der Waals surface area contributed by atoms with E-state index in [1.165, 1.54) is 5.56 Å². The number of benzene rings is 1. The van der Waals surface area contributed by atoms with Crippen molar-refractivity contribution in [1.29, 1.82) is 0 Å². The van der Waals surface area contributed by atoms with Gasteiger partial charge in [-0.1, -0.05) is 36.7 Å². The van der Waals surface area contributed by atoms with Crippen LogP contribution in [0.1, 0.15) is 18.9 Å². The van der Waals surface area contributed by atoms with Crippen LogP contribution in [0, 0.1) is 0 Å². The van der Waals surface area contributed by atoms with Gasteiger partial charge in [-0.2, -0.15) is 5.10 Å². The molecule has 4 nitrogen and oxygen atoms in total. The summed E-state index contributed by atoms with van der Waals surface area (Å²) in [4.78, 5) is 0. The number of hydrogen-bond donors (Lipinski definition) is 2. The molecule has 112 valence electrons. The molecule has 0 amide bonds. The van der Waals surface area contributed by atoms with Gasteiger partial charge in [0.2, 0.25) is 0 Å². The average molecular weight is 323 g/mol. The third-order valence-electron chi connectivity index (χ3n) is 3.10. The molecule has 0 aliphatic carbocycles. The summed E-state index contributed by atoms with van der Waals surface area (Å²) in [6.07, 6.45) is 5.36. The summed E-state index contributed by atoms with van der Waals surface area (Å²) in [6, 6.07) is 8.19. The summed E-state index contributed by atoms with van der Waals surface area (Å²) in [5, 5.41) is 11.9. The van der Waals surface area contributed by atoms with Crippen molar-refractivity contribution in [3.8, 4) is 0 Å². The van der Waals surface area contributed by atoms with E-state index in [2.05, 4.69) is 28.7 Å². The van der Waals surface area contributed by atoms with E-state index in [-0.39, 0.29) is 0 Å². The van der Waals surface area contributed by atoms with Gasteiger partial charge in [0.25, 0.3) is 0 Å². The molecule has 0 aliphatic rings. The summed E-state index contributed by atoms with van der Waals surface area (Å²) in [5.74, 6) is 0. The van der Waals surface area contributed by atoms with Crippen LogP contribution in [0.3, 0.4) is 0 Å². The van der Waals surface area contributed by atoms with Gasteiger partial charge in [0.05, 0.1) is 11.2 Å².